The molecule has 1 aromatic heterocycles. The fourth-order valence-electron chi connectivity index (χ4n) is 2.82. The Labute approximate surface area is 124 Å². The molecule has 110 valence electrons. The van der Waals surface area contributed by atoms with Crippen molar-refractivity contribution in [1.29, 1.82) is 0 Å². The maximum absolute atomic E-state index is 12.4. The molecular formula is C17H20N2O2. The monoisotopic (exact) mass is 284 g/mol. The summed E-state index contributed by atoms with van der Waals surface area (Å²) < 4.78 is 5.33. The van der Waals surface area contributed by atoms with Crippen molar-refractivity contribution < 1.29 is 9.32 Å². The number of fused-ring (bicyclic) bond motifs is 1. The average molecular weight is 284 g/mol. The maximum atomic E-state index is 12.4. The summed E-state index contributed by atoms with van der Waals surface area (Å²) in [6, 6.07) is 7.89. The fraction of sp³-hybridized carbons (Fsp3) is 0.412. The lowest BCUT2D eigenvalue weighted by atomic mass is 9.88. The molecule has 0 unspecified atom stereocenters. The molecule has 1 aliphatic carbocycles. The summed E-state index contributed by atoms with van der Waals surface area (Å²) in [5.74, 6) is 1.27. The maximum Gasteiger partial charge on any atom is 0.278 e. The first-order chi connectivity index (χ1) is 10.2. The number of rotatable bonds is 3. The molecule has 21 heavy (non-hydrogen) atoms. The number of aryl methyl sites for hydroxylation is 2. The van der Waals surface area contributed by atoms with Gasteiger partial charge in [0.15, 0.2) is 5.69 Å². The molecule has 1 atom stereocenters. The van der Waals surface area contributed by atoms with Gasteiger partial charge < -0.3 is 9.84 Å². The number of amides is 1. The van der Waals surface area contributed by atoms with Crippen molar-refractivity contribution in [2.75, 3.05) is 5.32 Å². The standard InChI is InChI=1S/C17H20N2O2/c1-3-12-5-4-6-13(10-12)18-17(20)16-14-9-11(2)7-8-15(14)21-19-16/h4-6,10-11H,3,7-9H2,1-2H3,(H,18,20)/t11-/m0/s1. The summed E-state index contributed by atoms with van der Waals surface area (Å²) in [4.78, 5) is 12.4. The Balaban J connectivity index is 1.81. The van der Waals surface area contributed by atoms with E-state index < -0.39 is 0 Å². The van der Waals surface area contributed by atoms with Crippen molar-refractivity contribution in [1.82, 2.24) is 5.16 Å². The van der Waals surface area contributed by atoms with E-state index >= 15 is 0 Å². The van der Waals surface area contributed by atoms with Crippen LogP contribution in [0.15, 0.2) is 28.8 Å². The van der Waals surface area contributed by atoms with Gasteiger partial charge >= 0.3 is 0 Å². The van der Waals surface area contributed by atoms with Crippen LogP contribution in [0.2, 0.25) is 0 Å². The van der Waals surface area contributed by atoms with Crippen molar-refractivity contribution in [3.8, 4) is 0 Å². The third-order valence-electron chi connectivity index (χ3n) is 4.09. The van der Waals surface area contributed by atoms with E-state index in [9.17, 15) is 4.79 Å². The van der Waals surface area contributed by atoms with E-state index in [4.69, 9.17) is 4.52 Å². The number of carbonyl (C=O) groups excluding carboxylic acids is 1. The summed E-state index contributed by atoms with van der Waals surface area (Å²) >= 11 is 0. The number of benzene rings is 1. The van der Waals surface area contributed by atoms with Crippen LogP contribution in [-0.4, -0.2) is 11.1 Å². The van der Waals surface area contributed by atoms with Crippen molar-refractivity contribution in [2.24, 2.45) is 5.92 Å². The van der Waals surface area contributed by atoms with E-state index in [1.54, 1.807) is 0 Å². The highest BCUT2D eigenvalue weighted by Crippen LogP contribution is 2.28. The molecule has 0 saturated carbocycles. The van der Waals surface area contributed by atoms with Gasteiger partial charge in [-0.3, -0.25) is 4.79 Å². The number of carbonyl (C=O) groups is 1. The number of anilines is 1. The summed E-state index contributed by atoms with van der Waals surface area (Å²) in [6.45, 7) is 4.29. The first kappa shape index (κ1) is 13.9. The topological polar surface area (TPSA) is 55.1 Å². The second-order valence-electron chi connectivity index (χ2n) is 5.79. The molecule has 1 aliphatic rings. The lowest BCUT2D eigenvalue weighted by Gasteiger charge is -2.16. The Morgan fingerprint density at radius 2 is 2.33 bits per heavy atom. The van der Waals surface area contributed by atoms with Gasteiger partial charge in [0.05, 0.1) is 0 Å². The predicted molar refractivity (Wildman–Crippen MR) is 81.5 cm³/mol. The highest BCUT2D eigenvalue weighted by atomic mass is 16.5. The van der Waals surface area contributed by atoms with Crippen LogP contribution in [0.3, 0.4) is 0 Å². The van der Waals surface area contributed by atoms with Gasteiger partial charge in [-0.1, -0.05) is 31.1 Å². The van der Waals surface area contributed by atoms with Gasteiger partial charge in [0.2, 0.25) is 0 Å². The number of nitrogens with one attached hydrogen (secondary N) is 1. The molecule has 0 saturated heterocycles. The van der Waals surface area contributed by atoms with E-state index in [1.165, 1.54) is 5.56 Å². The molecular weight excluding hydrogens is 264 g/mol. The van der Waals surface area contributed by atoms with Crippen molar-refractivity contribution in [2.45, 2.75) is 39.5 Å². The normalized spacial score (nSPS) is 17.3. The third kappa shape index (κ3) is 2.84. The van der Waals surface area contributed by atoms with Gasteiger partial charge in [0.25, 0.3) is 5.91 Å². The van der Waals surface area contributed by atoms with Crippen LogP contribution in [-0.2, 0) is 19.3 Å². The van der Waals surface area contributed by atoms with E-state index in [1.807, 2.05) is 18.2 Å². The van der Waals surface area contributed by atoms with Gasteiger partial charge in [0.1, 0.15) is 5.76 Å². The number of hydrogen-bond acceptors (Lipinski definition) is 3. The molecule has 1 amide bonds. The first-order valence-corrected chi connectivity index (χ1v) is 7.55. The zero-order valence-electron chi connectivity index (χ0n) is 12.5. The molecule has 0 spiro atoms. The van der Waals surface area contributed by atoms with Gasteiger partial charge in [0, 0.05) is 17.7 Å². The number of nitrogens with zero attached hydrogens (tertiary/aromatic N) is 1. The van der Waals surface area contributed by atoms with Crippen LogP contribution >= 0.6 is 0 Å². The fourth-order valence-corrected chi connectivity index (χ4v) is 2.82. The summed E-state index contributed by atoms with van der Waals surface area (Å²) in [6.07, 6.45) is 3.79. The number of aromatic nitrogens is 1. The molecule has 0 aliphatic heterocycles. The second-order valence-corrected chi connectivity index (χ2v) is 5.79. The molecule has 4 nitrogen and oxygen atoms in total. The Morgan fingerprint density at radius 1 is 1.48 bits per heavy atom. The molecule has 1 heterocycles. The van der Waals surface area contributed by atoms with E-state index in [0.29, 0.717) is 11.6 Å². The SMILES string of the molecule is CCc1cccc(NC(=O)c2noc3c2C[C@@H](C)CC3)c1. The van der Waals surface area contributed by atoms with E-state index in [0.717, 1.165) is 42.7 Å². The van der Waals surface area contributed by atoms with Crippen molar-refractivity contribution in [3.05, 3.63) is 46.8 Å². The quantitative estimate of drug-likeness (QED) is 0.936. The first-order valence-electron chi connectivity index (χ1n) is 7.55. The Morgan fingerprint density at radius 3 is 3.14 bits per heavy atom. The molecule has 1 aromatic carbocycles. The van der Waals surface area contributed by atoms with Crippen molar-refractivity contribution in [3.63, 3.8) is 0 Å². The lowest BCUT2D eigenvalue weighted by molar-refractivity contribution is 0.101. The van der Waals surface area contributed by atoms with Crippen LogP contribution < -0.4 is 5.32 Å². The van der Waals surface area contributed by atoms with Crippen LogP contribution in [0.5, 0.6) is 0 Å². The van der Waals surface area contributed by atoms with Crippen LogP contribution in [0.4, 0.5) is 5.69 Å². The molecule has 1 N–H and O–H groups in total. The van der Waals surface area contributed by atoms with Gasteiger partial charge in [-0.15, -0.1) is 0 Å². The molecule has 3 rings (SSSR count). The van der Waals surface area contributed by atoms with Gasteiger partial charge in [-0.25, -0.2) is 0 Å². The number of hydrogen-bond donors (Lipinski definition) is 1. The minimum Gasteiger partial charge on any atom is -0.360 e. The molecule has 4 heteroatoms. The Kier molecular flexibility index (Phi) is 3.78. The predicted octanol–water partition coefficient (Wildman–Crippen LogP) is 3.61. The highest BCUT2D eigenvalue weighted by Gasteiger charge is 2.26. The summed E-state index contributed by atoms with van der Waals surface area (Å²) in [7, 11) is 0. The molecule has 0 fully saturated rings. The Bertz CT molecular complexity index is 661. The third-order valence-corrected chi connectivity index (χ3v) is 4.09. The van der Waals surface area contributed by atoms with E-state index in [-0.39, 0.29) is 5.91 Å². The largest absolute Gasteiger partial charge is 0.360 e. The second kappa shape index (κ2) is 5.72. The van der Waals surface area contributed by atoms with Crippen LogP contribution in [0, 0.1) is 5.92 Å². The minimum atomic E-state index is -0.178. The van der Waals surface area contributed by atoms with Crippen LogP contribution in [0.25, 0.3) is 0 Å². The zero-order valence-corrected chi connectivity index (χ0v) is 12.5. The Hall–Kier alpha value is -2.10. The molecule has 0 radical (unpaired) electrons. The highest BCUT2D eigenvalue weighted by molar-refractivity contribution is 6.04. The molecule has 0 bridgehead atoms. The summed E-state index contributed by atoms with van der Waals surface area (Å²) in [5, 5.41) is 6.91. The lowest BCUT2D eigenvalue weighted by Crippen LogP contribution is -2.18. The zero-order chi connectivity index (χ0) is 14.8. The molecule has 2 aromatic rings. The van der Waals surface area contributed by atoms with Gasteiger partial charge in [-0.05, 0) is 42.9 Å². The smallest absolute Gasteiger partial charge is 0.278 e. The van der Waals surface area contributed by atoms with E-state index in [2.05, 4.69) is 30.4 Å². The summed E-state index contributed by atoms with van der Waals surface area (Å²) in [5.41, 5.74) is 3.43. The van der Waals surface area contributed by atoms with Crippen molar-refractivity contribution >= 4 is 11.6 Å². The van der Waals surface area contributed by atoms with Crippen LogP contribution in [0.1, 0.15) is 47.6 Å². The minimum absolute atomic E-state index is 0.178. The average Bonchev–Trinajstić information content (AvgIpc) is 2.90. The van der Waals surface area contributed by atoms with Gasteiger partial charge in [-0.2, -0.15) is 0 Å².